The summed E-state index contributed by atoms with van der Waals surface area (Å²) in [5, 5.41) is 5.42. The van der Waals surface area contributed by atoms with Gasteiger partial charge in [0.1, 0.15) is 0 Å². The Bertz CT molecular complexity index is 371. The molecular weight excluding hydrogens is 226 g/mol. The first-order valence-corrected chi connectivity index (χ1v) is 5.54. The Hall–Kier alpha value is -1.43. The molecule has 1 heterocycles. The van der Waals surface area contributed by atoms with Crippen molar-refractivity contribution in [1.82, 2.24) is 9.88 Å². The maximum atomic E-state index is 13.4. The Morgan fingerprint density at radius 2 is 1.94 bits per heavy atom. The van der Waals surface area contributed by atoms with Gasteiger partial charge in [-0.25, -0.2) is 13.8 Å². The van der Waals surface area contributed by atoms with E-state index in [9.17, 15) is 8.78 Å². The van der Waals surface area contributed by atoms with Gasteiger partial charge in [-0.05, 0) is 13.6 Å². The molecule has 0 spiro atoms. The second kappa shape index (κ2) is 6.34. The molecule has 2 N–H and O–H groups in total. The first kappa shape index (κ1) is 13.6. The van der Waals surface area contributed by atoms with Crippen molar-refractivity contribution in [3.8, 4) is 0 Å². The molecule has 17 heavy (non-hydrogen) atoms. The van der Waals surface area contributed by atoms with Crippen LogP contribution in [-0.2, 0) is 0 Å². The largest absolute Gasteiger partial charge is 0.371 e. The van der Waals surface area contributed by atoms with Crippen LogP contribution in [0.15, 0.2) is 6.07 Å². The minimum Gasteiger partial charge on any atom is -0.371 e. The monoisotopic (exact) mass is 244 g/mol. The molecule has 0 aliphatic carbocycles. The van der Waals surface area contributed by atoms with Crippen molar-refractivity contribution >= 4 is 11.6 Å². The summed E-state index contributed by atoms with van der Waals surface area (Å²) in [7, 11) is 3.51. The van der Waals surface area contributed by atoms with Crippen LogP contribution in [0.1, 0.15) is 6.92 Å². The molecule has 0 aliphatic rings. The molecule has 1 aromatic heterocycles. The van der Waals surface area contributed by atoms with Gasteiger partial charge in [0.2, 0.25) is 0 Å². The Morgan fingerprint density at radius 3 is 2.53 bits per heavy atom. The zero-order valence-corrected chi connectivity index (χ0v) is 10.3. The van der Waals surface area contributed by atoms with Crippen LogP contribution in [0.5, 0.6) is 0 Å². The van der Waals surface area contributed by atoms with Gasteiger partial charge in [0.25, 0.3) is 0 Å². The van der Waals surface area contributed by atoms with E-state index < -0.39 is 11.6 Å². The fourth-order valence-electron chi connectivity index (χ4n) is 1.29. The smallest absolute Gasteiger partial charge is 0.168 e. The molecule has 0 aliphatic heterocycles. The quantitative estimate of drug-likeness (QED) is 0.800. The standard InChI is InChI=1S/C11H18F2N4/c1-4-17(3)6-5-15-11-9(13)7-8(12)10(14-2)16-11/h7H,4-6H2,1-3H3,(H2,14,15,16). The molecule has 6 heteroatoms. The number of hydrogen-bond donors (Lipinski definition) is 2. The lowest BCUT2D eigenvalue weighted by Crippen LogP contribution is -2.25. The Balaban J connectivity index is 2.64. The van der Waals surface area contributed by atoms with E-state index in [1.54, 1.807) is 0 Å². The third-order valence-corrected chi connectivity index (χ3v) is 2.49. The van der Waals surface area contributed by atoms with Gasteiger partial charge in [-0.15, -0.1) is 0 Å². The number of halogens is 2. The summed E-state index contributed by atoms with van der Waals surface area (Å²) in [5.74, 6) is -1.26. The van der Waals surface area contributed by atoms with Gasteiger partial charge in [-0.1, -0.05) is 6.92 Å². The first-order valence-electron chi connectivity index (χ1n) is 5.54. The minimum absolute atomic E-state index is 0.0396. The molecule has 1 aromatic rings. The van der Waals surface area contributed by atoms with Gasteiger partial charge in [-0.3, -0.25) is 0 Å². The highest BCUT2D eigenvalue weighted by molar-refractivity contribution is 5.47. The molecule has 1 rings (SSSR count). The SMILES string of the molecule is CCN(C)CCNc1nc(NC)c(F)cc1F. The van der Waals surface area contributed by atoms with E-state index in [2.05, 4.69) is 20.5 Å². The highest BCUT2D eigenvalue weighted by Crippen LogP contribution is 2.18. The third-order valence-electron chi connectivity index (χ3n) is 2.49. The first-order chi connectivity index (χ1) is 8.08. The van der Waals surface area contributed by atoms with E-state index in [0.29, 0.717) is 6.54 Å². The summed E-state index contributed by atoms with van der Waals surface area (Å²) in [6, 6.07) is 0.824. The van der Waals surface area contributed by atoms with E-state index in [1.165, 1.54) is 7.05 Å². The molecule has 0 atom stereocenters. The molecule has 0 aromatic carbocycles. The zero-order chi connectivity index (χ0) is 12.8. The van der Waals surface area contributed by atoms with Gasteiger partial charge in [0.05, 0.1) is 0 Å². The molecule has 0 saturated heterocycles. The molecular formula is C11H18F2N4. The predicted octanol–water partition coefficient (Wildman–Crippen LogP) is 1.77. The fraction of sp³-hybridized carbons (Fsp3) is 0.545. The molecule has 0 bridgehead atoms. The number of aromatic nitrogens is 1. The van der Waals surface area contributed by atoms with E-state index in [1.807, 2.05) is 14.0 Å². The number of hydrogen-bond acceptors (Lipinski definition) is 4. The number of nitrogens with zero attached hydrogens (tertiary/aromatic N) is 2. The summed E-state index contributed by atoms with van der Waals surface area (Å²) in [6.07, 6.45) is 0. The molecule has 4 nitrogen and oxygen atoms in total. The van der Waals surface area contributed by atoms with Gasteiger partial charge in [0, 0.05) is 26.2 Å². The Labute approximate surface area is 100 Å². The minimum atomic E-state index is -0.693. The summed E-state index contributed by atoms with van der Waals surface area (Å²) in [4.78, 5) is 5.90. The van der Waals surface area contributed by atoms with Crippen LogP contribution < -0.4 is 10.6 Å². The number of rotatable bonds is 6. The van der Waals surface area contributed by atoms with E-state index >= 15 is 0 Å². The number of nitrogens with one attached hydrogen (secondary N) is 2. The lowest BCUT2D eigenvalue weighted by molar-refractivity contribution is 0.366. The molecule has 0 unspecified atom stereocenters. The van der Waals surface area contributed by atoms with Crippen LogP contribution in [-0.4, -0.2) is 43.6 Å². The lowest BCUT2D eigenvalue weighted by atomic mass is 10.4. The fourth-order valence-corrected chi connectivity index (χ4v) is 1.29. The van der Waals surface area contributed by atoms with Crippen LogP contribution in [0.3, 0.4) is 0 Å². The number of anilines is 2. The van der Waals surface area contributed by atoms with Crippen molar-refractivity contribution in [3.63, 3.8) is 0 Å². The van der Waals surface area contributed by atoms with E-state index in [4.69, 9.17) is 0 Å². The molecule has 0 fully saturated rings. The van der Waals surface area contributed by atoms with Crippen molar-refractivity contribution in [2.45, 2.75) is 6.92 Å². The highest BCUT2D eigenvalue weighted by atomic mass is 19.1. The van der Waals surface area contributed by atoms with Crippen LogP contribution >= 0.6 is 0 Å². The lowest BCUT2D eigenvalue weighted by Gasteiger charge is -2.15. The summed E-state index contributed by atoms with van der Waals surface area (Å²) < 4.78 is 26.5. The van der Waals surface area contributed by atoms with E-state index in [0.717, 1.165) is 19.2 Å². The van der Waals surface area contributed by atoms with Crippen LogP contribution in [0.25, 0.3) is 0 Å². The summed E-state index contributed by atoms with van der Waals surface area (Å²) >= 11 is 0. The number of likely N-dealkylation sites (N-methyl/N-ethyl adjacent to an activating group) is 1. The third kappa shape index (κ3) is 3.81. The van der Waals surface area contributed by atoms with Crippen molar-refractivity contribution in [2.24, 2.45) is 0 Å². The summed E-state index contributed by atoms with van der Waals surface area (Å²) in [5.41, 5.74) is 0. The number of pyridine rings is 1. The van der Waals surface area contributed by atoms with Gasteiger partial charge >= 0.3 is 0 Å². The molecule has 0 amide bonds. The molecule has 0 radical (unpaired) electrons. The van der Waals surface area contributed by atoms with Crippen molar-refractivity contribution in [3.05, 3.63) is 17.7 Å². The van der Waals surface area contributed by atoms with Crippen LogP contribution in [0.2, 0.25) is 0 Å². The average Bonchev–Trinajstić information content (AvgIpc) is 2.31. The van der Waals surface area contributed by atoms with E-state index in [-0.39, 0.29) is 11.6 Å². The van der Waals surface area contributed by atoms with Gasteiger partial charge in [-0.2, -0.15) is 0 Å². The normalized spacial score (nSPS) is 10.7. The zero-order valence-electron chi connectivity index (χ0n) is 10.3. The average molecular weight is 244 g/mol. The predicted molar refractivity (Wildman–Crippen MR) is 65.4 cm³/mol. The summed E-state index contributed by atoms with van der Waals surface area (Å²) in [6.45, 7) is 4.28. The van der Waals surface area contributed by atoms with Crippen LogP contribution in [0.4, 0.5) is 20.4 Å². The van der Waals surface area contributed by atoms with Crippen molar-refractivity contribution in [2.75, 3.05) is 44.4 Å². The van der Waals surface area contributed by atoms with Crippen molar-refractivity contribution < 1.29 is 8.78 Å². The Kier molecular flexibility index (Phi) is 5.09. The topological polar surface area (TPSA) is 40.2 Å². The van der Waals surface area contributed by atoms with Gasteiger partial charge in [0.15, 0.2) is 23.3 Å². The maximum Gasteiger partial charge on any atom is 0.168 e. The maximum absolute atomic E-state index is 13.4. The van der Waals surface area contributed by atoms with Gasteiger partial charge < -0.3 is 15.5 Å². The second-order valence-electron chi connectivity index (χ2n) is 3.72. The molecule has 0 saturated carbocycles. The van der Waals surface area contributed by atoms with Crippen LogP contribution in [0, 0.1) is 11.6 Å². The second-order valence-corrected chi connectivity index (χ2v) is 3.72. The highest BCUT2D eigenvalue weighted by Gasteiger charge is 2.10. The molecule has 96 valence electrons. The van der Waals surface area contributed by atoms with Crippen molar-refractivity contribution in [1.29, 1.82) is 0 Å². The Morgan fingerprint density at radius 1 is 1.29 bits per heavy atom.